The molecule has 6 heteroatoms. The molecule has 1 aliphatic heterocycles. The number of benzene rings is 3. The molecule has 3 aromatic rings. The fraction of sp³-hybridized carbons (Fsp3) is 0.217. The lowest BCUT2D eigenvalue weighted by molar-refractivity contribution is -0.972. The zero-order chi connectivity index (χ0) is 20.9. The van der Waals surface area contributed by atoms with Gasteiger partial charge in [0, 0.05) is 22.9 Å². The summed E-state index contributed by atoms with van der Waals surface area (Å²) in [5.74, 6) is -0.0615. The van der Waals surface area contributed by atoms with E-state index in [1.807, 2.05) is 18.2 Å². The molecule has 0 aromatic heterocycles. The maximum absolute atomic E-state index is 14.3. The maximum atomic E-state index is 14.3. The lowest BCUT2D eigenvalue weighted by Gasteiger charge is -2.34. The van der Waals surface area contributed by atoms with E-state index in [1.165, 1.54) is 11.1 Å². The van der Waals surface area contributed by atoms with E-state index in [1.54, 1.807) is 6.07 Å². The Labute approximate surface area is 171 Å². The van der Waals surface area contributed by atoms with E-state index < -0.39 is 10.1 Å². The van der Waals surface area contributed by atoms with Crippen molar-refractivity contribution in [1.29, 1.82) is 0 Å². The summed E-state index contributed by atoms with van der Waals surface area (Å²) in [6, 6.07) is 26.6. The number of hydrogen-bond donors (Lipinski definition) is 0. The molecule has 0 fully saturated rings. The minimum Gasteiger partial charge on any atom is -0.748 e. The van der Waals surface area contributed by atoms with Gasteiger partial charge >= 0.3 is 0 Å². The molecule has 0 saturated heterocycles. The van der Waals surface area contributed by atoms with E-state index in [0.29, 0.717) is 6.26 Å². The molecule has 0 N–H and O–H groups in total. The van der Waals surface area contributed by atoms with Crippen molar-refractivity contribution in [2.75, 3.05) is 6.26 Å². The third-order valence-corrected chi connectivity index (χ3v) is 4.94. The van der Waals surface area contributed by atoms with Gasteiger partial charge in [-0.2, -0.15) is 0 Å². The van der Waals surface area contributed by atoms with E-state index in [0.717, 1.165) is 41.8 Å². The molecule has 0 bridgehead atoms. The lowest BCUT2D eigenvalue weighted by Crippen LogP contribution is -2.41. The summed E-state index contributed by atoms with van der Waals surface area (Å²) in [4.78, 5) is 0. The number of fused-ring (bicyclic) bond motifs is 1. The molecule has 0 unspecified atom stereocenters. The summed E-state index contributed by atoms with van der Waals surface area (Å²) < 4.78 is 42.4. The van der Waals surface area contributed by atoms with Gasteiger partial charge in [0.15, 0.2) is 0 Å². The summed E-state index contributed by atoms with van der Waals surface area (Å²) in [5.41, 5.74) is 4.66. The minimum atomic E-state index is -3.92. The molecule has 3 aromatic carbocycles. The Bertz CT molecular complexity index is 1000. The summed E-state index contributed by atoms with van der Waals surface area (Å²) >= 11 is 0. The fourth-order valence-electron chi connectivity index (χ4n) is 3.90. The SMILES string of the molecule is CS(=O)(=O)[O-].Fc1cccc2c1C[N+](Cc1ccccc1)(Cc1ccccc1)C2. The van der Waals surface area contributed by atoms with E-state index in [4.69, 9.17) is 13.0 Å². The molecule has 0 spiro atoms. The van der Waals surface area contributed by atoms with Crippen molar-refractivity contribution >= 4 is 10.1 Å². The first kappa shape index (κ1) is 21.2. The van der Waals surface area contributed by atoms with E-state index in [-0.39, 0.29) is 5.82 Å². The van der Waals surface area contributed by atoms with Gasteiger partial charge in [-0.1, -0.05) is 72.8 Å². The number of quaternary nitrogens is 1. The minimum absolute atomic E-state index is 0.0615. The standard InChI is InChI=1S/C22H21FN.CH4O3S/c23-22-13-7-12-20-16-24(17-21(20)22,14-18-8-3-1-4-9-18)15-19-10-5-2-6-11-19;1-5(2,3)4/h1-13H,14-17H2;1H3,(H,2,3,4)/q+1;/p-1. The van der Waals surface area contributed by atoms with Crippen LogP contribution in [0.2, 0.25) is 0 Å². The van der Waals surface area contributed by atoms with Crippen LogP contribution in [0.4, 0.5) is 4.39 Å². The van der Waals surface area contributed by atoms with Crippen molar-refractivity contribution in [3.05, 3.63) is 107 Å². The van der Waals surface area contributed by atoms with Crippen LogP contribution in [0.5, 0.6) is 0 Å². The molecule has 0 radical (unpaired) electrons. The van der Waals surface area contributed by atoms with Gasteiger partial charge in [0.05, 0.1) is 15.7 Å². The first-order valence-electron chi connectivity index (χ1n) is 9.34. The van der Waals surface area contributed by atoms with Crippen molar-refractivity contribution < 1.29 is 21.8 Å². The molecule has 0 atom stereocenters. The summed E-state index contributed by atoms with van der Waals surface area (Å²) in [6.07, 6.45) is 0.604. The van der Waals surface area contributed by atoms with Crippen LogP contribution in [0.15, 0.2) is 78.9 Å². The Morgan fingerprint density at radius 1 is 0.828 bits per heavy atom. The van der Waals surface area contributed by atoms with E-state index in [9.17, 15) is 4.39 Å². The summed E-state index contributed by atoms with van der Waals surface area (Å²) in [6.45, 7) is 3.48. The molecule has 1 heterocycles. The Kier molecular flexibility index (Phi) is 6.47. The second-order valence-corrected chi connectivity index (χ2v) is 8.94. The lowest BCUT2D eigenvalue weighted by atomic mass is 10.1. The van der Waals surface area contributed by atoms with Crippen LogP contribution in [0.3, 0.4) is 0 Å². The van der Waals surface area contributed by atoms with Crippen LogP contribution < -0.4 is 0 Å². The van der Waals surface area contributed by atoms with Gasteiger partial charge in [0.25, 0.3) is 0 Å². The van der Waals surface area contributed by atoms with Crippen LogP contribution in [0.1, 0.15) is 22.3 Å². The van der Waals surface area contributed by atoms with Crippen molar-refractivity contribution in [3.63, 3.8) is 0 Å². The van der Waals surface area contributed by atoms with Crippen LogP contribution in [-0.2, 0) is 36.3 Å². The highest BCUT2D eigenvalue weighted by atomic mass is 32.2. The molecule has 1 aliphatic rings. The third-order valence-electron chi connectivity index (χ3n) is 4.94. The fourth-order valence-corrected chi connectivity index (χ4v) is 3.90. The van der Waals surface area contributed by atoms with Crippen molar-refractivity contribution in [2.45, 2.75) is 26.2 Å². The van der Waals surface area contributed by atoms with Crippen LogP contribution in [0, 0.1) is 5.82 Å². The highest BCUT2D eigenvalue weighted by molar-refractivity contribution is 7.84. The second-order valence-electron chi connectivity index (χ2n) is 7.53. The van der Waals surface area contributed by atoms with Crippen molar-refractivity contribution in [2.24, 2.45) is 0 Å². The average Bonchev–Trinajstić information content (AvgIpc) is 3.01. The number of nitrogens with zero attached hydrogens (tertiary/aromatic N) is 1. The molecular weight excluding hydrogens is 389 g/mol. The monoisotopic (exact) mass is 413 g/mol. The van der Waals surface area contributed by atoms with Crippen molar-refractivity contribution in [3.8, 4) is 0 Å². The number of rotatable bonds is 4. The third kappa shape index (κ3) is 6.22. The average molecular weight is 414 g/mol. The predicted molar refractivity (Wildman–Crippen MR) is 110 cm³/mol. The van der Waals surface area contributed by atoms with Gasteiger partial charge in [-0.3, -0.25) is 0 Å². The Balaban J connectivity index is 0.000000431. The molecule has 152 valence electrons. The van der Waals surface area contributed by atoms with Crippen LogP contribution in [0.25, 0.3) is 0 Å². The predicted octanol–water partition coefficient (Wildman–Crippen LogP) is 4.22. The second kappa shape index (κ2) is 8.86. The van der Waals surface area contributed by atoms with E-state index in [2.05, 4.69) is 54.6 Å². The number of halogens is 1. The maximum Gasteiger partial charge on any atom is 0.132 e. The largest absolute Gasteiger partial charge is 0.748 e. The quantitative estimate of drug-likeness (QED) is 0.475. The Morgan fingerprint density at radius 2 is 1.31 bits per heavy atom. The zero-order valence-electron chi connectivity index (χ0n) is 16.3. The van der Waals surface area contributed by atoms with Crippen molar-refractivity contribution in [1.82, 2.24) is 0 Å². The highest BCUT2D eigenvalue weighted by Gasteiger charge is 2.37. The Morgan fingerprint density at radius 3 is 1.76 bits per heavy atom. The number of hydrogen-bond acceptors (Lipinski definition) is 3. The van der Waals surface area contributed by atoms with E-state index >= 15 is 0 Å². The van der Waals surface area contributed by atoms with Gasteiger partial charge in [-0.15, -0.1) is 0 Å². The van der Waals surface area contributed by atoms with Gasteiger partial charge in [-0.25, -0.2) is 12.8 Å². The molecule has 4 nitrogen and oxygen atoms in total. The van der Waals surface area contributed by atoms with Gasteiger partial charge in [0.1, 0.15) is 32.0 Å². The first-order valence-corrected chi connectivity index (χ1v) is 11.2. The molecule has 0 saturated carbocycles. The normalized spacial score (nSPS) is 14.6. The molecular formula is C23H24FNO3S. The molecule has 29 heavy (non-hydrogen) atoms. The topological polar surface area (TPSA) is 57.2 Å². The molecule has 4 rings (SSSR count). The Hall–Kier alpha value is -2.54. The zero-order valence-corrected chi connectivity index (χ0v) is 17.1. The molecule has 0 amide bonds. The van der Waals surface area contributed by atoms with Crippen LogP contribution >= 0.6 is 0 Å². The van der Waals surface area contributed by atoms with Crippen LogP contribution in [-0.4, -0.2) is 23.7 Å². The highest BCUT2D eigenvalue weighted by Crippen LogP contribution is 2.35. The first-order chi connectivity index (χ1) is 13.7. The molecule has 0 aliphatic carbocycles. The summed E-state index contributed by atoms with van der Waals surface area (Å²) in [5, 5.41) is 0. The smallest absolute Gasteiger partial charge is 0.132 e. The van der Waals surface area contributed by atoms with Gasteiger partial charge in [-0.05, 0) is 6.07 Å². The summed E-state index contributed by atoms with van der Waals surface area (Å²) in [7, 11) is -3.92. The van der Waals surface area contributed by atoms with Gasteiger partial charge in [0.2, 0.25) is 0 Å². The van der Waals surface area contributed by atoms with Gasteiger partial charge < -0.3 is 9.04 Å².